The van der Waals surface area contributed by atoms with Crippen LogP contribution in [-0.2, 0) is 19.3 Å². The van der Waals surface area contributed by atoms with Gasteiger partial charge in [0.05, 0.1) is 31.8 Å². The Morgan fingerprint density at radius 2 is 0.576 bits per heavy atom. The predicted molar refractivity (Wildman–Crippen MR) is 302 cm³/mol. The molecule has 0 bridgehead atoms. The van der Waals surface area contributed by atoms with E-state index in [4.69, 9.17) is 34.8 Å². The van der Waals surface area contributed by atoms with Gasteiger partial charge >= 0.3 is 221 Å². The zero-order valence-corrected chi connectivity index (χ0v) is 49.2. The van der Waals surface area contributed by atoms with Gasteiger partial charge < -0.3 is 0 Å². The molecule has 5 aromatic rings. The average molecular weight is 1150 g/mol. The van der Waals surface area contributed by atoms with Crippen LogP contribution >= 0.6 is 34.8 Å². The molecule has 0 amide bonds. The Hall–Kier alpha value is -1.23. The van der Waals surface area contributed by atoms with E-state index in [1.807, 2.05) is 0 Å². The van der Waals surface area contributed by atoms with Crippen molar-refractivity contribution in [2.75, 3.05) is 0 Å². The minimum atomic E-state index is 0.445. The molecule has 0 atom stereocenters. The van der Waals surface area contributed by atoms with Gasteiger partial charge in [0.2, 0.25) is 0 Å². The van der Waals surface area contributed by atoms with Crippen molar-refractivity contribution in [3.05, 3.63) is 63.3 Å². The Balaban J connectivity index is 0.000000289. The fourth-order valence-electron chi connectivity index (χ4n) is 8.35. The van der Waals surface area contributed by atoms with E-state index < -0.39 is 0 Å². The molecule has 360 valence electrons. The van der Waals surface area contributed by atoms with Crippen molar-refractivity contribution in [1.29, 1.82) is 0 Å². The van der Waals surface area contributed by atoms with E-state index in [9.17, 15) is 0 Å². The van der Waals surface area contributed by atoms with E-state index in [0.29, 0.717) is 75.3 Å². The quantitative estimate of drug-likeness (QED) is 0.0279. The first-order valence-electron chi connectivity index (χ1n) is 26.4. The van der Waals surface area contributed by atoms with Crippen LogP contribution in [0.3, 0.4) is 0 Å². The number of unbranched alkanes of at least 4 members (excludes halogenated alkanes) is 21. The molecule has 0 radical (unpaired) electrons. The molecule has 3 heterocycles. The molecule has 2 aromatic carbocycles. The van der Waals surface area contributed by atoms with E-state index in [1.165, 1.54) is 154 Å². The molecule has 0 unspecified atom stereocenters. The van der Waals surface area contributed by atoms with Crippen molar-refractivity contribution in [3.8, 4) is 35.5 Å². The van der Waals surface area contributed by atoms with Crippen molar-refractivity contribution in [1.82, 2.24) is 0 Å². The van der Waals surface area contributed by atoms with Gasteiger partial charge in [-0.05, 0) is 19.3 Å². The van der Waals surface area contributed by atoms with Gasteiger partial charge in [-0.2, -0.15) is 0 Å². The van der Waals surface area contributed by atoms with Crippen LogP contribution in [0, 0.1) is 35.5 Å². The van der Waals surface area contributed by atoms with E-state index in [0.717, 1.165) is 38.5 Å². The monoisotopic (exact) mass is 1150 g/mol. The second-order valence-electron chi connectivity index (χ2n) is 18.2. The van der Waals surface area contributed by atoms with Gasteiger partial charge in [0.1, 0.15) is 0 Å². The minimum absolute atomic E-state index is 0.445. The van der Waals surface area contributed by atoms with Crippen molar-refractivity contribution in [2.24, 2.45) is 0 Å². The summed E-state index contributed by atoms with van der Waals surface area (Å²) in [6.45, 7) is 13.6. The van der Waals surface area contributed by atoms with Crippen LogP contribution < -0.4 is 0 Å². The van der Waals surface area contributed by atoms with Crippen molar-refractivity contribution in [2.45, 2.75) is 234 Å². The Labute approximate surface area is 436 Å². The van der Waals surface area contributed by atoms with E-state index >= 15 is 0 Å². The number of hydrogen-bond donors (Lipinski definition) is 0. The van der Waals surface area contributed by atoms with Crippen LogP contribution in [0.4, 0.5) is 0 Å². The number of hydrogen-bond acceptors (Lipinski definition) is 0. The molecule has 0 nitrogen and oxygen atoms in total. The number of fused-ring (bicyclic) bond motifs is 6. The molecule has 0 saturated heterocycles. The molecule has 0 saturated carbocycles. The summed E-state index contributed by atoms with van der Waals surface area (Å²) in [6, 6.07) is 8.03. The van der Waals surface area contributed by atoms with Gasteiger partial charge in [-0.25, -0.2) is 0 Å². The van der Waals surface area contributed by atoms with Crippen LogP contribution in [0.1, 0.15) is 245 Å². The van der Waals surface area contributed by atoms with Crippen molar-refractivity contribution in [3.63, 3.8) is 0 Å². The molecule has 5 rings (SSSR count). The zero-order chi connectivity index (χ0) is 47.4. The number of halogens is 3. The predicted octanol–water partition coefficient (Wildman–Crippen LogP) is 19.3. The van der Waals surface area contributed by atoms with Gasteiger partial charge in [-0.1, -0.05) is 149 Å². The van der Waals surface area contributed by atoms with Gasteiger partial charge in [0.15, 0.2) is 0 Å². The van der Waals surface area contributed by atoms with E-state index in [1.54, 1.807) is 42.3 Å². The zero-order valence-electron chi connectivity index (χ0n) is 41.8. The molecular weight excluding hydrogens is 1060 g/mol. The normalized spacial score (nSPS) is 11.0. The van der Waals surface area contributed by atoms with E-state index in [-0.39, 0.29) is 0 Å². The first kappa shape index (κ1) is 57.3. The number of aryl methyl sites for hydroxylation is 3. The molecule has 0 spiro atoms. The molecule has 66 heavy (non-hydrogen) atoms. The summed E-state index contributed by atoms with van der Waals surface area (Å²) in [5.41, 5.74) is 1.80. The second kappa shape index (κ2) is 34.2. The topological polar surface area (TPSA) is 0 Å². The summed E-state index contributed by atoms with van der Waals surface area (Å²) in [5, 5.41) is 6.44. The van der Waals surface area contributed by atoms with Gasteiger partial charge in [-0.3, -0.25) is 0 Å². The van der Waals surface area contributed by atoms with Crippen LogP contribution in [0.15, 0.2) is 18.2 Å². The van der Waals surface area contributed by atoms with Gasteiger partial charge in [-0.15, -0.1) is 0 Å². The Kier molecular flexibility index (Phi) is 29.7. The third-order valence-corrected chi connectivity index (χ3v) is 21.2. The van der Waals surface area contributed by atoms with E-state index in [2.05, 4.69) is 95.3 Å². The molecule has 3 aromatic heterocycles. The fourth-order valence-corrected chi connectivity index (χ4v) is 18.0. The van der Waals surface area contributed by atoms with Gasteiger partial charge in [0.25, 0.3) is 0 Å². The third-order valence-electron chi connectivity index (χ3n) is 12.3. The maximum atomic E-state index is 6.71. The van der Waals surface area contributed by atoms with Crippen LogP contribution in [-0.4, -0.2) is 43.5 Å². The first-order valence-corrected chi connectivity index (χ1v) is 32.7. The molecule has 0 fully saturated rings. The average Bonchev–Trinajstić information content (AvgIpc) is 4.07. The summed E-state index contributed by atoms with van der Waals surface area (Å²) in [7, 11) is 0. The summed E-state index contributed by atoms with van der Waals surface area (Å²) in [5.74, 6) is 19.3. The van der Waals surface area contributed by atoms with Crippen molar-refractivity contribution >= 4 is 107 Å². The summed E-state index contributed by atoms with van der Waals surface area (Å²) < 4.78 is 10.7. The molecule has 6 heteroatoms. The Morgan fingerprint density at radius 3 is 0.818 bits per heavy atom. The summed E-state index contributed by atoms with van der Waals surface area (Å²) in [4.78, 5) is 0. The van der Waals surface area contributed by atoms with Crippen LogP contribution in [0.5, 0.6) is 0 Å². The number of benzene rings is 2. The fraction of sp³-hybridized carbons (Fsp3) is 0.600. The van der Waals surface area contributed by atoms with Crippen molar-refractivity contribution < 1.29 is 0 Å². The molecule has 0 aliphatic carbocycles. The Morgan fingerprint density at radius 1 is 0.333 bits per heavy atom. The van der Waals surface area contributed by atoms with Crippen LogP contribution in [0.25, 0.3) is 28.9 Å². The first-order chi connectivity index (χ1) is 32.3. The molecule has 0 N–H and O–H groups in total. The standard InChI is InChI=1S/C30H39Cl3.C30H42Se3/c1-4-7-10-13-16-19-22-25-28(31)26(23-20-17-14-11-8-5-2)30(33)27(29(25)32)24-21-18-15-12-9-6-3;1-4-7-10-13-16-22-19-25-28(31-22)26-20-23(17-14-11-8-5-2)33-30(26)27-21-24(32-29(25)27)18-15-12-9-6-3/h4-18H2,1-3H3;19-21H,4-18H2,1-3H3. The summed E-state index contributed by atoms with van der Waals surface area (Å²) in [6.07, 6.45) is 37.3. The molecule has 0 aliphatic heterocycles. The van der Waals surface area contributed by atoms with Crippen LogP contribution in [0.2, 0.25) is 15.1 Å². The summed E-state index contributed by atoms with van der Waals surface area (Å²) >= 11 is 21.9. The second-order valence-corrected chi connectivity index (χ2v) is 26.5. The Bertz CT molecular complexity index is 1990. The number of rotatable bonds is 27. The molecular formula is C60H81Cl3Se3. The van der Waals surface area contributed by atoms with Gasteiger partial charge in [0, 0.05) is 19.3 Å². The maximum absolute atomic E-state index is 6.71. The third kappa shape index (κ3) is 18.8. The molecule has 0 aliphatic rings. The SMILES string of the molecule is CCCCCCC#Cc1c(Cl)c(C#CCCCCCC)c(Cl)c(C#CCCCCCC)c1Cl.CCCCCCc1cc2c([se]1)c1cc(CCCCCC)[se]c1c1cc(CCCCCC)[se]c21.